The maximum absolute atomic E-state index is 6.31. The lowest BCUT2D eigenvalue weighted by Crippen LogP contribution is -2.33. The first-order valence-corrected chi connectivity index (χ1v) is 6.47. The first-order chi connectivity index (χ1) is 8.13. The van der Waals surface area contributed by atoms with Crippen molar-refractivity contribution in [3.63, 3.8) is 0 Å². The van der Waals surface area contributed by atoms with Gasteiger partial charge < -0.3 is 10.1 Å². The first kappa shape index (κ1) is 14.5. The molecule has 0 spiro atoms. The van der Waals surface area contributed by atoms with E-state index in [-0.39, 0.29) is 6.04 Å². The van der Waals surface area contributed by atoms with Crippen LogP contribution in [0, 0.1) is 0 Å². The molecule has 4 nitrogen and oxygen atoms in total. The SMILES string of the molecule is CCOCC(Cc1c(Cl)c(CC)nn1C)NC. The van der Waals surface area contributed by atoms with Gasteiger partial charge in [-0.05, 0) is 20.4 Å². The summed E-state index contributed by atoms with van der Waals surface area (Å²) in [5.41, 5.74) is 2.04. The van der Waals surface area contributed by atoms with Crippen LogP contribution < -0.4 is 5.32 Å². The van der Waals surface area contributed by atoms with Crippen molar-refractivity contribution < 1.29 is 4.74 Å². The van der Waals surface area contributed by atoms with Crippen LogP contribution in [0.2, 0.25) is 5.02 Å². The van der Waals surface area contributed by atoms with Crippen molar-refractivity contribution in [2.75, 3.05) is 20.3 Å². The van der Waals surface area contributed by atoms with E-state index in [2.05, 4.69) is 17.3 Å². The third-order valence-corrected chi connectivity index (χ3v) is 3.31. The van der Waals surface area contributed by atoms with Gasteiger partial charge in [0.05, 0.1) is 23.0 Å². The van der Waals surface area contributed by atoms with E-state index in [0.29, 0.717) is 6.61 Å². The summed E-state index contributed by atoms with van der Waals surface area (Å²) >= 11 is 6.31. The molecule has 98 valence electrons. The predicted molar refractivity (Wildman–Crippen MR) is 70.6 cm³/mol. The molecule has 1 aromatic heterocycles. The number of nitrogens with one attached hydrogen (secondary N) is 1. The molecule has 17 heavy (non-hydrogen) atoms. The van der Waals surface area contributed by atoms with Crippen molar-refractivity contribution in [3.05, 3.63) is 16.4 Å². The summed E-state index contributed by atoms with van der Waals surface area (Å²) in [6, 6.07) is 0.271. The fourth-order valence-electron chi connectivity index (χ4n) is 1.78. The van der Waals surface area contributed by atoms with E-state index in [4.69, 9.17) is 16.3 Å². The molecule has 1 rings (SSSR count). The largest absolute Gasteiger partial charge is 0.380 e. The molecule has 0 bridgehead atoms. The Kier molecular flexibility index (Phi) is 5.95. The molecule has 0 saturated carbocycles. The van der Waals surface area contributed by atoms with Crippen LogP contribution in [0.4, 0.5) is 0 Å². The van der Waals surface area contributed by atoms with Gasteiger partial charge >= 0.3 is 0 Å². The molecule has 0 aliphatic rings. The summed E-state index contributed by atoms with van der Waals surface area (Å²) in [7, 11) is 3.88. The normalized spacial score (nSPS) is 13.0. The minimum Gasteiger partial charge on any atom is -0.380 e. The van der Waals surface area contributed by atoms with Crippen LogP contribution in [-0.2, 0) is 24.6 Å². The molecule has 0 fully saturated rings. The van der Waals surface area contributed by atoms with Crippen LogP contribution >= 0.6 is 11.6 Å². The molecule has 1 N–H and O–H groups in total. The lowest BCUT2D eigenvalue weighted by atomic mass is 10.1. The third kappa shape index (κ3) is 3.69. The second kappa shape index (κ2) is 6.99. The lowest BCUT2D eigenvalue weighted by molar-refractivity contribution is 0.124. The van der Waals surface area contributed by atoms with Gasteiger partial charge in [-0.15, -0.1) is 0 Å². The van der Waals surface area contributed by atoms with E-state index in [1.54, 1.807) is 0 Å². The standard InChI is InChI=1S/C12H22ClN3O/c1-5-10-12(13)11(16(4)15-10)7-9(14-3)8-17-6-2/h9,14H,5-8H2,1-4H3. The average molecular weight is 260 g/mol. The van der Waals surface area contributed by atoms with Crippen LogP contribution in [0.15, 0.2) is 0 Å². The zero-order valence-electron chi connectivity index (χ0n) is 11.1. The molecule has 0 saturated heterocycles. The molecular formula is C12H22ClN3O. The van der Waals surface area contributed by atoms with Crippen LogP contribution in [0.5, 0.6) is 0 Å². The Bertz CT molecular complexity index is 352. The summed E-state index contributed by atoms with van der Waals surface area (Å²) in [4.78, 5) is 0. The molecule has 0 radical (unpaired) electrons. The number of rotatable bonds is 7. The first-order valence-electron chi connectivity index (χ1n) is 6.09. The topological polar surface area (TPSA) is 39.1 Å². The number of aryl methyl sites for hydroxylation is 2. The number of hydrogen-bond acceptors (Lipinski definition) is 3. The summed E-state index contributed by atoms with van der Waals surface area (Å²) in [5.74, 6) is 0. The van der Waals surface area contributed by atoms with Crippen LogP contribution in [0.3, 0.4) is 0 Å². The highest BCUT2D eigenvalue weighted by Gasteiger charge is 2.17. The van der Waals surface area contributed by atoms with Crippen molar-refractivity contribution in [1.82, 2.24) is 15.1 Å². The molecule has 1 atom stereocenters. The molecule has 1 heterocycles. The molecule has 0 aliphatic heterocycles. The molecule has 5 heteroatoms. The highest BCUT2D eigenvalue weighted by atomic mass is 35.5. The molecule has 1 aromatic rings. The molecule has 0 amide bonds. The number of likely N-dealkylation sites (N-methyl/N-ethyl adjacent to an activating group) is 1. The van der Waals surface area contributed by atoms with Crippen molar-refractivity contribution in [3.8, 4) is 0 Å². The summed E-state index contributed by atoms with van der Waals surface area (Å²) < 4.78 is 7.31. The molecule has 1 unspecified atom stereocenters. The highest BCUT2D eigenvalue weighted by Crippen LogP contribution is 2.22. The number of hydrogen-bond donors (Lipinski definition) is 1. The second-order valence-electron chi connectivity index (χ2n) is 4.03. The highest BCUT2D eigenvalue weighted by molar-refractivity contribution is 6.31. The van der Waals surface area contributed by atoms with Gasteiger partial charge in [0.2, 0.25) is 0 Å². The van der Waals surface area contributed by atoms with E-state index in [1.807, 2.05) is 25.7 Å². The van der Waals surface area contributed by atoms with Gasteiger partial charge in [-0.1, -0.05) is 18.5 Å². The van der Waals surface area contributed by atoms with Gasteiger partial charge in [0.25, 0.3) is 0 Å². The van der Waals surface area contributed by atoms with Crippen LogP contribution in [-0.4, -0.2) is 36.1 Å². The fourth-order valence-corrected chi connectivity index (χ4v) is 2.15. The Labute approximate surface area is 108 Å². The maximum Gasteiger partial charge on any atom is 0.0850 e. The number of ether oxygens (including phenoxy) is 1. The van der Waals surface area contributed by atoms with Crippen molar-refractivity contribution in [1.29, 1.82) is 0 Å². The minimum absolute atomic E-state index is 0.271. The molecular weight excluding hydrogens is 238 g/mol. The van der Waals surface area contributed by atoms with Gasteiger partial charge in [-0.25, -0.2) is 0 Å². The Morgan fingerprint density at radius 2 is 2.18 bits per heavy atom. The smallest absolute Gasteiger partial charge is 0.0850 e. The van der Waals surface area contributed by atoms with Gasteiger partial charge in [-0.2, -0.15) is 5.10 Å². The monoisotopic (exact) mass is 259 g/mol. The lowest BCUT2D eigenvalue weighted by Gasteiger charge is -2.16. The van der Waals surface area contributed by atoms with E-state index in [9.17, 15) is 0 Å². The Morgan fingerprint density at radius 3 is 2.65 bits per heavy atom. The molecule has 0 aliphatic carbocycles. The maximum atomic E-state index is 6.31. The van der Waals surface area contributed by atoms with Crippen molar-refractivity contribution >= 4 is 11.6 Å². The van der Waals surface area contributed by atoms with E-state index < -0.39 is 0 Å². The number of nitrogens with zero attached hydrogens (tertiary/aromatic N) is 2. The van der Waals surface area contributed by atoms with Gasteiger partial charge in [0.15, 0.2) is 0 Å². The van der Waals surface area contributed by atoms with Crippen molar-refractivity contribution in [2.24, 2.45) is 7.05 Å². The third-order valence-electron chi connectivity index (χ3n) is 2.87. The average Bonchev–Trinajstić information content (AvgIpc) is 2.60. The minimum atomic E-state index is 0.271. The molecule has 0 aromatic carbocycles. The van der Waals surface area contributed by atoms with E-state index in [1.165, 1.54) is 0 Å². The summed E-state index contributed by atoms with van der Waals surface area (Å²) in [6.07, 6.45) is 1.70. The van der Waals surface area contributed by atoms with Gasteiger partial charge in [0, 0.05) is 26.1 Å². The van der Waals surface area contributed by atoms with E-state index >= 15 is 0 Å². The van der Waals surface area contributed by atoms with Gasteiger partial charge in [-0.3, -0.25) is 4.68 Å². The zero-order valence-corrected chi connectivity index (χ0v) is 11.8. The Hall–Kier alpha value is -0.580. The summed E-state index contributed by atoms with van der Waals surface area (Å²) in [5, 5.41) is 8.45. The van der Waals surface area contributed by atoms with Crippen LogP contribution in [0.1, 0.15) is 25.2 Å². The predicted octanol–water partition coefficient (Wildman–Crippen LogP) is 1.80. The number of aromatic nitrogens is 2. The second-order valence-corrected chi connectivity index (χ2v) is 4.41. The Morgan fingerprint density at radius 1 is 1.47 bits per heavy atom. The zero-order chi connectivity index (χ0) is 12.8. The van der Waals surface area contributed by atoms with Crippen molar-refractivity contribution in [2.45, 2.75) is 32.7 Å². The van der Waals surface area contributed by atoms with E-state index in [0.717, 1.165) is 35.9 Å². The van der Waals surface area contributed by atoms with Gasteiger partial charge in [0.1, 0.15) is 0 Å². The number of halogens is 1. The van der Waals surface area contributed by atoms with Crippen LogP contribution in [0.25, 0.3) is 0 Å². The quantitative estimate of drug-likeness (QED) is 0.812. The summed E-state index contributed by atoms with van der Waals surface area (Å²) in [6.45, 7) is 5.49. The Balaban J connectivity index is 2.75. The fraction of sp³-hybridized carbons (Fsp3) is 0.750.